The lowest BCUT2D eigenvalue weighted by atomic mass is 12.0. The molecule has 3 heteroatoms. The first-order valence-electron chi connectivity index (χ1n) is 0.745. The Morgan fingerprint density at radius 2 is 2.00 bits per heavy atom. The molecule has 0 heterocycles. The van der Waals surface area contributed by atoms with Gasteiger partial charge in [0, 0.05) is 0 Å². The Morgan fingerprint density at radius 3 is 2.00 bits per heavy atom. The van der Waals surface area contributed by atoms with Crippen molar-refractivity contribution in [1.29, 1.82) is 4.61 Å². The van der Waals surface area contributed by atoms with Crippen molar-refractivity contribution in [2.24, 2.45) is 0 Å². The number of nitrogens with zero attached hydrogens (tertiary/aromatic N) is 1. The van der Waals surface area contributed by atoms with Crippen molar-refractivity contribution in [3.8, 4) is 0 Å². The van der Waals surface area contributed by atoms with Crippen LogP contribution in [0.15, 0.2) is 0 Å². The van der Waals surface area contributed by atoms with Gasteiger partial charge >= 0.3 is 0 Å². The molecule has 0 saturated carbocycles. The summed E-state index contributed by atoms with van der Waals surface area (Å²) in [5.41, 5.74) is 0. The normalized spacial score (nSPS) is 8.50. The second-order valence-electron chi connectivity index (χ2n) is 0.406. The maximum absolute atomic E-state index is 8.07. The smallest absolute Gasteiger partial charge is 0.116 e. The molecule has 0 bridgehead atoms. The van der Waals surface area contributed by atoms with Crippen LogP contribution in [0.4, 0.5) is 0 Å². The predicted molar refractivity (Wildman–Crippen MR) is 29.0 cm³/mol. The van der Waals surface area contributed by atoms with Gasteiger partial charge in [0.05, 0.1) is 0 Å². The summed E-state index contributed by atoms with van der Waals surface area (Å²) in [5.74, 6) is 0. The van der Waals surface area contributed by atoms with Crippen LogP contribution in [0.25, 0.3) is 0 Å². The Labute approximate surface area is 39.9 Å². The molecule has 0 aliphatic rings. The fourth-order valence-electron chi connectivity index (χ4n) is 0. The van der Waals surface area contributed by atoms with Crippen LogP contribution in [0.1, 0.15) is 0 Å². The van der Waals surface area contributed by atoms with Crippen LogP contribution in [0, 0.1) is 4.61 Å². The zero-order chi connectivity index (χ0) is 3.58. The fourth-order valence-corrected chi connectivity index (χ4v) is 0. The molecule has 0 aromatic heterocycles. The quantitative estimate of drug-likeness (QED) is 0.412. The molecule has 0 atom stereocenters. The molecule has 0 amide bonds. The van der Waals surface area contributed by atoms with E-state index in [1.165, 1.54) is 0 Å². The van der Waals surface area contributed by atoms with Gasteiger partial charge in [0.15, 0.2) is 0 Å². The van der Waals surface area contributed by atoms with Crippen molar-refractivity contribution in [3.63, 3.8) is 0 Å². The average molecular weight is 188 g/mol. The van der Waals surface area contributed by atoms with E-state index < -0.39 is 7.70 Å². The summed E-state index contributed by atoms with van der Waals surface area (Å²) in [6.07, 6.45) is 1.74. The molecule has 0 radical (unpaired) electrons. The van der Waals surface area contributed by atoms with Crippen LogP contribution < -0.4 is 0 Å². The molecule has 0 aliphatic heterocycles. The van der Waals surface area contributed by atoms with E-state index in [1.54, 1.807) is 6.26 Å². The molecular weight excluding hydrogens is 185 g/mol. The molecule has 0 spiro atoms. The minimum Gasteiger partial charge on any atom is -0.421 e. The summed E-state index contributed by atoms with van der Waals surface area (Å²) in [5, 5.41) is 0. The highest BCUT2D eigenvalue weighted by atomic mass is 127. The van der Waals surface area contributed by atoms with E-state index in [2.05, 4.69) is 0 Å². The van der Waals surface area contributed by atoms with Crippen LogP contribution >= 0.6 is 21.2 Å². The molecule has 4 heavy (non-hydrogen) atoms. The van der Waals surface area contributed by atoms with Crippen molar-refractivity contribution in [2.75, 3.05) is 6.26 Å². The molecule has 0 aliphatic carbocycles. The largest absolute Gasteiger partial charge is 0.421 e. The molecule has 0 fully saturated rings. The highest BCUT2D eigenvalue weighted by molar-refractivity contribution is 14.2. The van der Waals surface area contributed by atoms with E-state index >= 15 is 0 Å². The fraction of sp³-hybridized carbons (Fsp3) is 1.00. The summed E-state index contributed by atoms with van der Waals surface area (Å²) in [7, 11) is -0.391. The van der Waals surface area contributed by atoms with Gasteiger partial charge in [0.1, 0.15) is 0 Å². The van der Waals surface area contributed by atoms with Gasteiger partial charge in [-0.1, -0.05) is 0 Å². The molecular formula is CH3INS-. The van der Waals surface area contributed by atoms with Crippen LogP contribution in [-0.4, -0.2) is 6.26 Å². The van der Waals surface area contributed by atoms with Gasteiger partial charge in [0.2, 0.25) is 0 Å². The Balaban J connectivity index is 3.02. The number of hydrogen-bond acceptors (Lipinski definition) is 2. The van der Waals surface area contributed by atoms with Gasteiger partial charge in [-0.15, -0.1) is 6.26 Å². The van der Waals surface area contributed by atoms with E-state index in [4.69, 9.17) is 4.61 Å². The predicted octanol–water partition coefficient (Wildman–Crippen LogP) is 1.06. The Hall–Kier alpha value is 0.790. The third kappa shape index (κ3) is 14.3. The average Bonchev–Trinajstić information content (AvgIpc) is 0.811. The number of halogens is 1. The van der Waals surface area contributed by atoms with Crippen molar-refractivity contribution in [2.45, 2.75) is 0 Å². The molecule has 0 aromatic rings. The monoisotopic (exact) mass is 188 g/mol. The van der Waals surface area contributed by atoms with Crippen LogP contribution in [-0.2, 0) is 7.70 Å². The summed E-state index contributed by atoms with van der Waals surface area (Å²) < 4.78 is 8.07. The Bertz CT molecular complexity index is 54.2. The SMILES string of the molecule is C[S-](#N)I. The summed E-state index contributed by atoms with van der Waals surface area (Å²) >= 11 is 1.93. The van der Waals surface area contributed by atoms with E-state index in [0.29, 0.717) is 0 Å². The first-order valence-corrected chi connectivity index (χ1v) is 4.88. The molecule has 0 rings (SSSR count). The Morgan fingerprint density at radius 1 is 2.00 bits per heavy atom. The lowest BCUT2D eigenvalue weighted by Crippen LogP contribution is -1.45. The topological polar surface area (TPSA) is 23.8 Å². The van der Waals surface area contributed by atoms with Gasteiger partial charge in [-0.25, -0.2) is 21.2 Å². The van der Waals surface area contributed by atoms with Crippen LogP contribution in [0.2, 0.25) is 0 Å². The lowest BCUT2D eigenvalue weighted by Gasteiger charge is -1.76. The van der Waals surface area contributed by atoms with E-state index in [1.807, 2.05) is 21.2 Å². The highest BCUT2D eigenvalue weighted by Crippen LogP contribution is 1.79. The van der Waals surface area contributed by atoms with Crippen LogP contribution in [0.5, 0.6) is 0 Å². The zero-order valence-electron chi connectivity index (χ0n) is 2.23. The maximum atomic E-state index is 8.07. The molecule has 26 valence electrons. The summed E-state index contributed by atoms with van der Waals surface area (Å²) in [4.78, 5) is 0. The number of rotatable bonds is 0. The molecule has 0 N–H and O–H groups in total. The molecule has 0 unspecified atom stereocenters. The van der Waals surface area contributed by atoms with Crippen molar-refractivity contribution in [1.82, 2.24) is 0 Å². The van der Waals surface area contributed by atoms with Gasteiger partial charge in [-0.2, -0.15) is 0 Å². The third-order valence-corrected chi connectivity index (χ3v) is 0. The summed E-state index contributed by atoms with van der Waals surface area (Å²) in [6.45, 7) is 0. The molecule has 0 aromatic carbocycles. The van der Waals surface area contributed by atoms with E-state index in [0.717, 1.165) is 0 Å². The van der Waals surface area contributed by atoms with Crippen molar-refractivity contribution < 1.29 is 0 Å². The van der Waals surface area contributed by atoms with Gasteiger partial charge in [-0.05, 0) is 0 Å². The van der Waals surface area contributed by atoms with E-state index in [9.17, 15) is 0 Å². The molecule has 1 nitrogen and oxygen atoms in total. The second-order valence-corrected chi connectivity index (χ2v) is 5.04. The minimum atomic E-state index is -0.391. The first-order chi connectivity index (χ1) is 1.73. The highest BCUT2D eigenvalue weighted by Gasteiger charge is 1.30. The van der Waals surface area contributed by atoms with Crippen molar-refractivity contribution in [3.05, 3.63) is 0 Å². The minimum absolute atomic E-state index is 0.391. The zero-order valence-corrected chi connectivity index (χ0v) is 5.21. The third-order valence-electron chi connectivity index (χ3n) is 0. The van der Waals surface area contributed by atoms with Gasteiger partial charge in [0.25, 0.3) is 0 Å². The lowest BCUT2D eigenvalue weighted by molar-refractivity contribution is 1.65. The second kappa shape index (κ2) is 2.05. The standard InChI is InChI=1S/CH3INS/c1-4(2)3/h1H3/q-1. The van der Waals surface area contributed by atoms with Gasteiger partial charge in [-0.3, -0.25) is 7.70 Å². The Kier molecular flexibility index (Phi) is 2.46. The maximum Gasteiger partial charge on any atom is -0.116 e. The van der Waals surface area contributed by atoms with Crippen LogP contribution in [0.3, 0.4) is 0 Å². The first kappa shape index (κ1) is 4.79. The van der Waals surface area contributed by atoms with Gasteiger partial charge < -0.3 is 4.61 Å². The number of hydrogen-bond donors (Lipinski definition) is 0. The molecule has 0 saturated heterocycles. The summed E-state index contributed by atoms with van der Waals surface area (Å²) in [6, 6.07) is 0. The van der Waals surface area contributed by atoms with E-state index in [-0.39, 0.29) is 0 Å². The van der Waals surface area contributed by atoms with Crippen molar-refractivity contribution >= 4 is 28.9 Å².